The van der Waals surface area contributed by atoms with Crippen molar-refractivity contribution in [1.29, 1.82) is 0 Å². The van der Waals surface area contributed by atoms with Crippen molar-refractivity contribution < 1.29 is 0 Å². The highest BCUT2D eigenvalue weighted by atomic mass is 14.4. The largest absolute Gasteiger partial charge is 0.0625 e. The van der Waals surface area contributed by atoms with Crippen LogP contribution in [0.3, 0.4) is 0 Å². The molecule has 2 fully saturated rings. The van der Waals surface area contributed by atoms with Gasteiger partial charge in [-0.2, -0.15) is 0 Å². The second-order valence-corrected chi connectivity index (χ2v) is 4.56. The van der Waals surface area contributed by atoms with Crippen LogP contribution in [0.15, 0.2) is 0 Å². The molecule has 0 aromatic heterocycles. The first kappa shape index (κ1) is 6.69. The second-order valence-electron chi connectivity index (χ2n) is 4.56. The van der Waals surface area contributed by atoms with Gasteiger partial charge in [0.15, 0.2) is 0 Å². The molecule has 0 heterocycles. The molecule has 0 N–H and O–H groups in total. The summed E-state index contributed by atoms with van der Waals surface area (Å²) < 4.78 is 0. The van der Waals surface area contributed by atoms with Crippen molar-refractivity contribution in [3.05, 3.63) is 0 Å². The minimum absolute atomic E-state index is 0.861. The van der Waals surface area contributed by atoms with E-state index < -0.39 is 0 Å². The normalized spacial score (nSPS) is 37.5. The summed E-state index contributed by atoms with van der Waals surface area (Å²) in [5.74, 6) is 1.04. The van der Waals surface area contributed by atoms with Crippen LogP contribution < -0.4 is 0 Å². The molecule has 0 amide bonds. The molecule has 2 rings (SSSR count). The highest BCUT2D eigenvalue weighted by Crippen LogP contribution is 2.52. The number of hydrogen-bond acceptors (Lipinski definition) is 0. The lowest BCUT2D eigenvalue weighted by Gasteiger charge is -2.21. The molecule has 0 heteroatoms. The highest BCUT2D eigenvalue weighted by molar-refractivity contribution is 4.90. The van der Waals surface area contributed by atoms with E-state index >= 15 is 0 Å². The zero-order chi connectivity index (χ0) is 7.03. The SMILES string of the molecule is CC1CCC2(CCCC2)C1. The smallest absolute Gasteiger partial charge is 0.0295 e. The Bertz CT molecular complexity index is 120. The van der Waals surface area contributed by atoms with Crippen LogP contribution in [0.2, 0.25) is 0 Å². The summed E-state index contributed by atoms with van der Waals surface area (Å²) in [6, 6.07) is 0. The second kappa shape index (κ2) is 2.25. The molecule has 0 saturated heterocycles. The van der Waals surface area contributed by atoms with Gasteiger partial charge in [0.25, 0.3) is 0 Å². The van der Waals surface area contributed by atoms with E-state index in [1.807, 2.05) is 0 Å². The van der Waals surface area contributed by atoms with Gasteiger partial charge in [0.05, 0.1) is 0 Å². The van der Waals surface area contributed by atoms with Crippen molar-refractivity contribution in [2.75, 3.05) is 0 Å². The van der Waals surface area contributed by atoms with E-state index in [0.29, 0.717) is 0 Å². The molecule has 1 atom stereocenters. The lowest BCUT2D eigenvalue weighted by Crippen LogP contribution is -2.10. The molecule has 1 unspecified atom stereocenters. The van der Waals surface area contributed by atoms with Gasteiger partial charge in [-0.15, -0.1) is 0 Å². The average Bonchev–Trinajstić information content (AvgIpc) is 2.46. The predicted molar refractivity (Wildman–Crippen MR) is 43.9 cm³/mol. The summed E-state index contributed by atoms with van der Waals surface area (Å²) in [6.07, 6.45) is 10.8. The molecule has 0 aromatic rings. The van der Waals surface area contributed by atoms with Gasteiger partial charge in [-0.3, -0.25) is 0 Å². The molecular weight excluding hydrogens is 120 g/mol. The minimum atomic E-state index is 0.861. The predicted octanol–water partition coefficient (Wildman–Crippen LogP) is 3.37. The van der Waals surface area contributed by atoms with Crippen molar-refractivity contribution in [1.82, 2.24) is 0 Å². The average molecular weight is 138 g/mol. The van der Waals surface area contributed by atoms with Gasteiger partial charge in [-0.25, -0.2) is 0 Å². The van der Waals surface area contributed by atoms with Gasteiger partial charge in [-0.05, 0) is 37.0 Å². The van der Waals surface area contributed by atoms with Crippen molar-refractivity contribution >= 4 is 0 Å². The van der Waals surface area contributed by atoms with Crippen LogP contribution in [0.1, 0.15) is 51.9 Å². The summed E-state index contributed by atoms with van der Waals surface area (Å²) in [4.78, 5) is 0. The van der Waals surface area contributed by atoms with Gasteiger partial charge in [-0.1, -0.05) is 26.2 Å². The Balaban J connectivity index is 2.03. The standard InChI is InChI=1S/C10H18/c1-9-4-7-10(8-9)5-2-3-6-10/h9H,2-8H2,1H3. The van der Waals surface area contributed by atoms with Crippen LogP contribution in [-0.4, -0.2) is 0 Å². The van der Waals surface area contributed by atoms with Crippen LogP contribution in [0.4, 0.5) is 0 Å². The summed E-state index contributed by atoms with van der Waals surface area (Å²) >= 11 is 0. The summed E-state index contributed by atoms with van der Waals surface area (Å²) in [6.45, 7) is 2.42. The zero-order valence-electron chi connectivity index (χ0n) is 7.03. The van der Waals surface area contributed by atoms with Gasteiger partial charge < -0.3 is 0 Å². The monoisotopic (exact) mass is 138 g/mol. The Labute approximate surface area is 64.0 Å². The van der Waals surface area contributed by atoms with Crippen LogP contribution >= 0.6 is 0 Å². The van der Waals surface area contributed by atoms with Gasteiger partial charge in [0.2, 0.25) is 0 Å². The summed E-state index contributed by atoms with van der Waals surface area (Å²) in [7, 11) is 0. The highest BCUT2D eigenvalue weighted by Gasteiger charge is 2.39. The maximum absolute atomic E-state index is 2.42. The van der Waals surface area contributed by atoms with Crippen molar-refractivity contribution in [2.45, 2.75) is 51.9 Å². The van der Waals surface area contributed by atoms with Gasteiger partial charge in [0, 0.05) is 0 Å². The Morgan fingerprint density at radius 2 is 1.80 bits per heavy atom. The molecule has 1 spiro atoms. The number of hydrogen-bond donors (Lipinski definition) is 0. The molecule has 0 bridgehead atoms. The Morgan fingerprint density at radius 1 is 1.10 bits per heavy atom. The van der Waals surface area contributed by atoms with E-state index in [2.05, 4.69) is 6.92 Å². The summed E-state index contributed by atoms with van der Waals surface area (Å²) in [5, 5.41) is 0. The van der Waals surface area contributed by atoms with Crippen molar-refractivity contribution in [2.24, 2.45) is 11.3 Å². The zero-order valence-corrected chi connectivity index (χ0v) is 7.03. The molecule has 0 aliphatic heterocycles. The molecule has 10 heavy (non-hydrogen) atoms. The van der Waals surface area contributed by atoms with E-state index in [9.17, 15) is 0 Å². The van der Waals surface area contributed by atoms with Crippen molar-refractivity contribution in [3.8, 4) is 0 Å². The third kappa shape index (κ3) is 0.980. The molecule has 0 radical (unpaired) electrons. The first-order valence-corrected chi connectivity index (χ1v) is 4.81. The lowest BCUT2D eigenvalue weighted by atomic mass is 9.84. The fraction of sp³-hybridized carbons (Fsp3) is 1.00. The van der Waals surface area contributed by atoms with Crippen LogP contribution in [-0.2, 0) is 0 Å². The van der Waals surface area contributed by atoms with E-state index in [0.717, 1.165) is 11.3 Å². The topological polar surface area (TPSA) is 0 Å². The Hall–Kier alpha value is 0. The molecule has 2 saturated carbocycles. The Kier molecular flexibility index (Phi) is 1.51. The van der Waals surface area contributed by atoms with E-state index in [1.165, 1.54) is 19.3 Å². The third-order valence-electron chi connectivity index (χ3n) is 3.61. The third-order valence-corrected chi connectivity index (χ3v) is 3.61. The molecule has 2 aliphatic carbocycles. The quantitative estimate of drug-likeness (QED) is 0.481. The molecule has 2 aliphatic rings. The maximum Gasteiger partial charge on any atom is -0.0295 e. The van der Waals surface area contributed by atoms with Crippen molar-refractivity contribution in [3.63, 3.8) is 0 Å². The minimum Gasteiger partial charge on any atom is -0.0625 e. The first-order valence-electron chi connectivity index (χ1n) is 4.81. The molecule has 58 valence electrons. The lowest BCUT2D eigenvalue weighted by molar-refractivity contribution is 0.298. The van der Waals surface area contributed by atoms with Gasteiger partial charge in [0.1, 0.15) is 0 Å². The van der Waals surface area contributed by atoms with Gasteiger partial charge >= 0.3 is 0 Å². The first-order chi connectivity index (χ1) is 4.81. The molecule has 0 nitrogen and oxygen atoms in total. The number of rotatable bonds is 0. The van der Waals surface area contributed by atoms with Crippen LogP contribution in [0, 0.1) is 11.3 Å². The molecular formula is C10H18. The Morgan fingerprint density at radius 3 is 2.30 bits per heavy atom. The van der Waals surface area contributed by atoms with Crippen LogP contribution in [0.25, 0.3) is 0 Å². The van der Waals surface area contributed by atoms with E-state index in [-0.39, 0.29) is 0 Å². The fourth-order valence-corrected chi connectivity index (χ4v) is 3.08. The van der Waals surface area contributed by atoms with Crippen LogP contribution in [0.5, 0.6) is 0 Å². The maximum atomic E-state index is 2.42. The van der Waals surface area contributed by atoms with E-state index in [1.54, 1.807) is 25.7 Å². The fourth-order valence-electron chi connectivity index (χ4n) is 3.08. The molecule has 0 aromatic carbocycles. The summed E-state index contributed by atoms with van der Waals surface area (Å²) in [5.41, 5.74) is 0.861. The van der Waals surface area contributed by atoms with E-state index in [4.69, 9.17) is 0 Å².